The summed E-state index contributed by atoms with van der Waals surface area (Å²) in [6.07, 6.45) is 1.88. The Morgan fingerprint density at radius 3 is 2.42 bits per heavy atom. The van der Waals surface area contributed by atoms with Gasteiger partial charge in [-0.1, -0.05) is 18.7 Å². The predicted molar refractivity (Wildman–Crippen MR) is 49.8 cm³/mol. The maximum Gasteiger partial charge on any atom is 0.310 e. The van der Waals surface area contributed by atoms with E-state index < -0.39 is 5.60 Å². The smallest absolute Gasteiger partial charge is 0.310 e. The van der Waals surface area contributed by atoms with Gasteiger partial charge in [-0.3, -0.25) is 4.79 Å². The SMILES string of the molecule is C=CC(C)(C)OC(=O)CC(=C)C. The van der Waals surface area contributed by atoms with Gasteiger partial charge in [0.2, 0.25) is 0 Å². The lowest BCUT2D eigenvalue weighted by Crippen LogP contribution is -2.25. The molecule has 0 radical (unpaired) electrons. The Morgan fingerprint density at radius 1 is 1.58 bits per heavy atom. The zero-order valence-electron chi connectivity index (χ0n) is 8.02. The van der Waals surface area contributed by atoms with Crippen LogP contribution in [-0.4, -0.2) is 11.6 Å². The van der Waals surface area contributed by atoms with Gasteiger partial charge >= 0.3 is 5.97 Å². The van der Waals surface area contributed by atoms with Gasteiger partial charge in [-0.25, -0.2) is 0 Å². The molecule has 0 fully saturated rings. The van der Waals surface area contributed by atoms with Crippen LogP contribution >= 0.6 is 0 Å². The van der Waals surface area contributed by atoms with E-state index in [-0.39, 0.29) is 12.4 Å². The van der Waals surface area contributed by atoms with Crippen LogP contribution in [0.15, 0.2) is 24.8 Å². The highest BCUT2D eigenvalue weighted by Gasteiger charge is 2.17. The Hall–Kier alpha value is -1.05. The summed E-state index contributed by atoms with van der Waals surface area (Å²) in [5.74, 6) is -0.257. The minimum absolute atomic E-state index is 0.257. The maximum absolute atomic E-state index is 11.1. The van der Waals surface area contributed by atoms with Crippen LogP contribution in [0.1, 0.15) is 27.2 Å². The molecule has 0 aliphatic carbocycles. The fourth-order valence-corrected chi connectivity index (χ4v) is 0.618. The minimum atomic E-state index is -0.577. The average molecular weight is 168 g/mol. The largest absolute Gasteiger partial charge is 0.455 e. The molecule has 2 nitrogen and oxygen atoms in total. The van der Waals surface area contributed by atoms with Crippen molar-refractivity contribution in [3.8, 4) is 0 Å². The molecule has 0 heterocycles. The summed E-state index contributed by atoms with van der Waals surface area (Å²) in [5, 5.41) is 0. The monoisotopic (exact) mass is 168 g/mol. The van der Waals surface area contributed by atoms with Crippen molar-refractivity contribution < 1.29 is 9.53 Å². The summed E-state index contributed by atoms with van der Waals surface area (Å²) in [6.45, 7) is 12.6. The first-order valence-corrected chi connectivity index (χ1v) is 3.87. The molecule has 0 bridgehead atoms. The third-order valence-electron chi connectivity index (χ3n) is 1.31. The van der Waals surface area contributed by atoms with Crippen molar-refractivity contribution in [2.45, 2.75) is 32.8 Å². The third-order valence-corrected chi connectivity index (χ3v) is 1.31. The number of hydrogen-bond donors (Lipinski definition) is 0. The number of carbonyl (C=O) groups excluding carboxylic acids is 1. The normalized spacial score (nSPS) is 10.6. The van der Waals surface area contributed by atoms with Crippen molar-refractivity contribution in [2.75, 3.05) is 0 Å². The Kier molecular flexibility index (Phi) is 3.74. The van der Waals surface area contributed by atoms with Crippen LogP contribution in [0.3, 0.4) is 0 Å². The Bertz CT molecular complexity index is 202. The molecule has 0 unspecified atom stereocenters. The van der Waals surface area contributed by atoms with E-state index in [0.29, 0.717) is 0 Å². The minimum Gasteiger partial charge on any atom is -0.455 e. The molecule has 0 aromatic rings. The van der Waals surface area contributed by atoms with E-state index in [0.717, 1.165) is 5.57 Å². The highest BCUT2D eigenvalue weighted by Crippen LogP contribution is 2.12. The first-order valence-electron chi connectivity index (χ1n) is 3.87. The van der Waals surface area contributed by atoms with Crippen LogP contribution in [0.25, 0.3) is 0 Å². The molecule has 0 aromatic carbocycles. The number of hydrogen-bond acceptors (Lipinski definition) is 2. The molecule has 12 heavy (non-hydrogen) atoms. The number of ether oxygens (including phenoxy) is 1. The molecule has 0 aromatic heterocycles. The van der Waals surface area contributed by atoms with Crippen molar-refractivity contribution in [1.29, 1.82) is 0 Å². The van der Waals surface area contributed by atoms with Crippen LogP contribution < -0.4 is 0 Å². The van der Waals surface area contributed by atoms with Gasteiger partial charge in [0.1, 0.15) is 5.60 Å². The van der Waals surface area contributed by atoms with E-state index in [1.54, 1.807) is 26.8 Å². The quantitative estimate of drug-likeness (QED) is 0.476. The molecule has 0 rings (SSSR count). The second kappa shape index (κ2) is 4.10. The van der Waals surface area contributed by atoms with E-state index in [9.17, 15) is 4.79 Å². The van der Waals surface area contributed by atoms with Gasteiger partial charge in [0.25, 0.3) is 0 Å². The molecule has 0 saturated heterocycles. The third kappa shape index (κ3) is 4.72. The molecule has 0 aliphatic heterocycles. The molecule has 0 spiro atoms. The summed E-state index contributed by atoms with van der Waals surface area (Å²) in [5.41, 5.74) is 0.229. The van der Waals surface area contributed by atoms with E-state index >= 15 is 0 Å². The second-order valence-electron chi connectivity index (χ2n) is 3.42. The Morgan fingerprint density at radius 2 is 2.08 bits per heavy atom. The number of esters is 1. The molecule has 68 valence electrons. The van der Waals surface area contributed by atoms with Crippen molar-refractivity contribution in [3.63, 3.8) is 0 Å². The van der Waals surface area contributed by atoms with Crippen LogP contribution in [0.4, 0.5) is 0 Å². The summed E-state index contributed by atoms with van der Waals surface area (Å²) in [7, 11) is 0. The van der Waals surface area contributed by atoms with Gasteiger partial charge < -0.3 is 4.74 Å². The van der Waals surface area contributed by atoms with Gasteiger partial charge in [0, 0.05) is 0 Å². The van der Waals surface area contributed by atoms with Gasteiger partial charge in [-0.2, -0.15) is 0 Å². The molecular weight excluding hydrogens is 152 g/mol. The lowest BCUT2D eigenvalue weighted by Gasteiger charge is -2.20. The average Bonchev–Trinajstić information content (AvgIpc) is 1.84. The van der Waals surface area contributed by atoms with Gasteiger partial charge in [0.05, 0.1) is 6.42 Å². The van der Waals surface area contributed by atoms with E-state index in [1.165, 1.54) is 0 Å². The highest BCUT2D eigenvalue weighted by molar-refractivity contribution is 5.72. The summed E-state index contributed by atoms with van der Waals surface area (Å²) >= 11 is 0. The van der Waals surface area contributed by atoms with Gasteiger partial charge in [-0.15, -0.1) is 0 Å². The van der Waals surface area contributed by atoms with Crippen LogP contribution in [0.5, 0.6) is 0 Å². The van der Waals surface area contributed by atoms with Crippen molar-refractivity contribution in [3.05, 3.63) is 24.8 Å². The lowest BCUT2D eigenvalue weighted by atomic mass is 10.1. The highest BCUT2D eigenvalue weighted by atomic mass is 16.6. The second-order valence-corrected chi connectivity index (χ2v) is 3.42. The van der Waals surface area contributed by atoms with Gasteiger partial charge in [0.15, 0.2) is 0 Å². The molecule has 0 aliphatic rings. The number of carbonyl (C=O) groups is 1. The van der Waals surface area contributed by atoms with Crippen LogP contribution in [0.2, 0.25) is 0 Å². The Labute approximate surface area is 73.9 Å². The fourth-order valence-electron chi connectivity index (χ4n) is 0.618. The van der Waals surface area contributed by atoms with E-state index in [2.05, 4.69) is 13.2 Å². The van der Waals surface area contributed by atoms with Crippen molar-refractivity contribution in [1.82, 2.24) is 0 Å². The van der Waals surface area contributed by atoms with E-state index in [4.69, 9.17) is 4.74 Å². The first kappa shape index (κ1) is 11.0. The zero-order chi connectivity index (χ0) is 9.78. The molecule has 2 heteroatoms. The maximum atomic E-state index is 11.1. The molecule has 0 atom stereocenters. The fraction of sp³-hybridized carbons (Fsp3) is 0.500. The topological polar surface area (TPSA) is 26.3 Å². The zero-order valence-corrected chi connectivity index (χ0v) is 8.02. The van der Waals surface area contributed by atoms with E-state index in [1.807, 2.05) is 0 Å². The molecule has 0 N–H and O–H groups in total. The van der Waals surface area contributed by atoms with Crippen molar-refractivity contribution >= 4 is 5.97 Å². The Balaban J connectivity index is 4.00. The lowest BCUT2D eigenvalue weighted by molar-refractivity contribution is -0.151. The van der Waals surface area contributed by atoms with Crippen LogP contribution in [0, 0.1) is 0 Å². The first-order chi connectivity index (χ1) is 5.37. The molecule has 0 amide bonds. The summed E-state index contributed by atoms with van der Waals surface area (Å²) < 4.78 is 5.08. The van der Waals surface area contributed by atoms with Crippen molar-refractivity contribution in [2.24, 2.45) is 0 Å². The molecular formula is C10H16O2. The van der Waals surface area contributed by atoms with Gasteiger partial charge in [-0.05, 0) is 26.8 Å². The van der Waals surface area contributed by atoms with Crippen LogP contribution in [-0.2, 0) is 9.53 Å². The summed E-state index contributed by atoms with van der Waals surface area (Å²) in [6, 6.07) is 0. The standard InChI is InChI=1S/C10H16O2/c1-6-10(4,5)12-9(11)7-8(2)3/h6H,1-2,7H2,3-5H3. The summed E-state index contributed by atoms with van der Waals surface area (Å²) in [4.78, 5) is 11.1. The predicted octanol–water partition coefficient (Wildman–Crippen LogP) is 2.46. The molecule has 0 saturated carbocycles. The number of rotatable bonds is 4.